The van der Waals surface area contributed by atoms with Gasteiger partial charge in [0.15, 0.2) is 0 Å². The van der Waals surface area contributed by atoms with Crippen molar-refractivity contribution in [3.63, 3.8) is 0 Å². The van der Waals surface area contributed by atoms with Crippen molar-refractivity contribution in [3.8, 4) is 0 Å². The molecule has 11 heavy (non-hydrogen) atoms. The van der Waals surface area contributed by atoms with Crippen LogP contribution >= 0.6 is 0 Å². The van der Waals surface area contributed by atoms with E-state index in [1.165, 1.54) is 7.11 Å². The second kappa shape index (κ2) is 4.31. The molecule has 0 aliphatic rings. The fourth-order valence-corrected chi connectivity index (χ4v) is 0.783. The van der Waals surface area contributed by atoms with Crippen LogP contribution in [-0.4, -0.2) is 32.3 Å². The van der Waals surface area contributed by atoms with E-state index in [0.717, 1.165) is 0 Å². The van der Waals surface area contributed by atoms with Crippen molar-refractivity contribution in [1.82, 2.24) is 0 Å². The Morgan fingerprint density at radius 1 is 1.55 bits per heavy atom. The van der Waals surface area contributed by atoms with Gasteiger partial charge in [0, 0.05) is 12.6 Å². The Morgan fingerprint density at radius 2 is 2.09 bits per heavy atom. The number of hydrogen-bond acceptors (Lipinski definition) is 4. The fraction of sp³-hybridized carbons (Fsp3) is 0.857. The Labute approximate surface area is 66.7 Å². The number of rotatable bonds is 4. The zero-order valence-corrected chi connectivity index (χ0v) is 7.22. The highest BCUT2D eigenvalue weighted by molar-refractivity contribution is 5.70. The summed E-state index contributed by atoms with van der Waals surface area (Å²) in [7, 11) is 2.88. The molecule has 0 aromatic carbocycles. The molecule has 4 nitrogen and oxygen atoms in total. The molecule has 0 saturated carbocycles. The molecule has 0 aromatic rings. The normalized spacial score (nSPS) is 15.6. The number of methoxy groups -OCH3 is 2. The summed E-state index contributed by atoms with van der Waals surface area (Å²) in [4.78, 5) is 10.7. The van der Waals surface area contributed by atoms with Crippen LogP contribution in [0.3, 0.4) is 0 Å². The van der Waals surface area contributed by atoms with Crippen LogP contribution in [-0.2, 0) is 14.3 Å². The molecule has 0 unspecified atom stereocenters. The Bertz CT molecular complexity index is 134. The van der Waals surface area contributed by atoms with Crippen molar-refractivity contribution < 1.29 is 14.3 Å². The average molecular weight is 161 g/mol. The van der Waals surface area contributed by atoms with E-state index in [1.54, 1.807) is 14.0 Å². The van der Waals surface area contributed by atoms with Gasteiger partial charge >= 0.3 is 5.97 Å². The van der Waals surface area contributed by atoms with Gasteiger partial charge in [-0.15, -0.1) is 0 Å². The predicted octanol–water partition coefficient (Wildman–Crippen LogP) is -0.0867. The highest BCUT2D eigenvalue weighted by Gasteiger charge is 2.22. The molecule has 0 fully saturated rings. The molecule has 2 N–H and O–H groups in total. The SMILES string of the molecule is COC[C@@](C)(N)CC(=O)OC. The lowest BCUT2D eigenvalue weighted by molar-refractivity contribution is -0.142. The van der Waals surface area contributed by atoms with Gasteiger partial charge in [-0.1, -0.05) is 0 Å². The maximum Gasteiger partial charge on any atom is 0.307 e. The van der Waals surface area contributed by atoms with Crippen molar-refractivity contribution in [2.75, 3.05) is 20.8 Å². The molecule has 0 rings (SSSR count). The molecule has 0 bridgehead atoms. The van der Waals surface area contributed by atoms with Gasteiger partial charge < -0.3 is 15.2 Å². The minimum Gasteiger partial charge on any atom is -0.469 e. The quantitative estimate of drug-likeness (QED) is 0.585. The summed E-state index contributed by atoms with van der Waals surface area (Å²) in [6, 6.07) is 0. The number of ether oxygens (including phenoxy) is 2. The third-order valence-electron chi connectivity index (χ3n) is 1.25. The molecule has 0 heterocycles. The average Bonchev–Trinajstić information content (AvgIpc) is 1.86. The molecule has 0 radical (unpaired) electrons. The first-order chi connectivity index (χ1) is 5.02. The van der Waals surface area contributed by atoms with Crippen LogP contribution < -0.4 is 5.73 Å². The third-order valence-corrected chi connectivity index (χ3v) is 1.25. The summed E-state index contributed by atoms with van der Waals surface area (Å²) < 4.78 is 9.28. The van der Waals surface area contributed by atoms with Crippen molar-refractivity contribution in [2.45, 2.75) is 18.9 Å². The number of nitrogens with two attached hydrogens (primary N) is 1. The number of carbonyl (C=O) groups is 1. The van der Waals surface area contributed by atoms with E-state index in [4.69, 9.17) is 10.5 Å². The predicted molar refractivity (Wildman–Crippen MR) is 41.1 cm³/mol. The van der Waals surface area contributed by atoms with Gasteiger partial charge in [0.1, 0.15) is 0 Å². The smallest absolute Gasteiger partial charge is 0.307 e. The van der Waals surface area contributed by atoms with E-state index in [0.29, 0.717) is 6.61 Å². The first-order valence-electron chi connectivity index (χ1n) is 3.36. The monoisotopic (exact) mass is 161 g/mol. The van der Waals surface area contributed by atoms with Gasteiger partial charge in [-0.25, -0.2) is 0 Å². The molecular weight excluding hydrogens is 146 g/mol. The van der Waals surface area contributed by atoms with Crippen LogP contribution in [0.5, 0.6) is 0 Å². The van der Waals surface area contributed by atoms with Crippen LogP contribution in [0.4, 0.5) is 0 Å². The van der Waals surface area contributed by atoms with Gasteiger partial charge in [0.2, 0.25) is 0 Å². The first kappa shape index (κ1) is 10.4. The second-order valence-corrected chi connectivity index (χ2v) is 2.84. The van der Waals surface area contributed by atoms with E-state index in [-0.39, 0.29) is 12.4 Å². The molecule has 0 aliphatic carbocycles. The van der Waals surface area contributed by atoms with Crippen LogP contribution in [0.25, 0.3) is 0 Å². The Balaban J connectivity index is 3.80. The zero-order valence-electron chi connectivity index (χ0n) is 7.22. The van der Waals surface area contributed by atoms with Crippen LogP contribution in [0.2, 0.25) is 0 Å². The molecular formula is C7H15NO3. The van der Waals surface area contributed by atoms with E-state index in [9.17, 15) is 4.79 Å². The van der Waals surface area contributed by atoms with Crippen molar-refractivity contribution in [3.05, 3.63) is 0 Å². The first-order valence-corrected chi connectivity index (χ1v) is 3.36. The zero-order chi connectivity index (χ0) is 8.91. The van der Waals surface area contributed by atoms with Crippen molar-refractivity contribution in [2.24, 2.45) is 5.73 Å². The van der Waals surface area contributed by atoms with Crippen molar-refractivity contribution in [1.29, 1.82) is 0 Å². The van der Waals surface area contributed by atoms with E-state index < -0.39 is 5.54 Å². The van der Waals surface area contributed by atoms with E-state index in [1.807, 2.05) is 0 Å². The number of carbonyl (C=O) groups excluding carboxylic acids is 1. The molecule has 66 valence electrons. The lowest BCUT2D eigenvalue weighted by atomic mass is 10.0. The summed E-state index contributed by atoms with van der Waals surface area (Å²) in [6.45, 7) is 2.09. The third kappa shape index (κ3) is 4.75. The van der Waals surface area contributed by atoms with Gasteiger partial charge in [0.25, 0.3) is 0 Å². The minimum atomic E-state index is -0.623. The summed E-state index contributed by atoms with van der Waals surface area (Å²) in [5, 5.41) is 0. The van der Waals surface area contributed by atoms with Crippen molar-refractivity contribution >= 4 is 5.97 Å². The second-order valence-electron chi connectivity index (χ2n) is 2.84. The summed E-state index contributed by atoms with van der Waals surface area (Å²) in [5.41, 5.74) is 5.05. The van der Waals surface area contributed by atoms with Crippen LogP contribution in [0.1, 0.15) is 13.3 Å². The van der Waals surface area contributed by atoms with Gasteiger partial charge in [-0.2, -0.15) is 0 Å². The Morgan fingerprint density at radius 3 is 2.45 bits per heavy atom. The van der Waals surface area contributed by atoms with Gasteiger partial charge in [0.05, 0.1) is 20.1 Å². The Kier molecular flexibility index (Phi) is 4.07. The largest absolute Gasteiger partial charge is 0.469 e. The minimum absolute atomic E-state index is 0.178. The molecule has 0 aromatic heterocycles. The highest BCUT2D eigenvalue weighted by atomic mass is 16.5. The summed E-state index contributed by atoms with van der Waals surface area (Å²) >= 11 is 0. The lowest BCUT2D eigenvalue weighted by Crippen LogP contribution is -2.43. The van der Waals surface area contributed by atoms with Gasteiger partial charge in [-0.3, -0.25) is 4.79 Å². The van der Waals surface area contributed by atoms with Crippen LogP contribution in [0, 0.1) is 0 Å². The summed E-state index contributed by atoms with van der Waals surface area (Å²) in [5.74, 6) is -0.313. The summed E-state index contributed by atoms with van der Waals surface area (Å²) in [6.07, 6.45) is 0.178. The highest BCUT2D eigenvalue weighted by Crippen LogP contribution is 2.06. The Hall–Kier alpha value is -0.610. The van der Waals surface area contributed by atoms with E-state index in [2.05, 4.69) is 4.74 Å². The molecule has 0 spiro atoms. The molecule has 4 heteroatoms. The maximum atomic E-state index is 10.7. The topological polar surface area (TPSA) is 61.5 Å². The van der Waals surface area contributed by atoms with E-state index >= 15 is 0 Å². The van der Waals surface area contributed by atoms with Crippen LogP contribution in [0.15, 0.2) is 0 Å². The number of esters is 1. The lowest BCUT2D eigenvalue weighted by Gasteiger charge is -2.21. The maximum absolute atomic E-state index is 10.7. The molecule has 0 saturated heterocycles. The molecule has 0 amide bonds. The number of hydrogen-bond donors (Lipinski definition) is 1. The standard InChI is InChI=1S/C7H15NO3/c1-7(8,5-10-2)4-6(9)11-3/h4-5,8H2,1-3H3/t7-/m0/s1. The molecule has 1 atom stereocenters. The fourth-order valence-electron chi connectivity index (χ4n) is 0.783. The van der Waals surface area contributed by atoms with Gasteiger partial charge in [-0.05, 0) is 6.92 Å². The molecule has 0 aliphatic heterocycles.